The van der Waals surface area contributed by atoms with Crippen LogP contribution in [0.5, 0.6) is 0 Å². The van der Waals surface area contributed by atoms with Crippen LogP contribution < -0.4 is 0 Å². The smallest absolute Gasteiger partial charge is 0.0546 e. The van der Waals surface area contributed by atoms with Crippen LogP contribution in [0.3, 0.4) is 0 Å². The molecule has 0 spiro atoms. The van der Waals surface area contributed by atoms with Gasteiger partial charge in [-0.05, 0) is 109 Å². The molecule has 0 bridgehead atoms. The van der Waals surface area contributed by atoms with Crippen molar-refractivity contribution in [3.05, 3.63) is 0 Å². The maximum absolute atomic E-state index is 3.65. The highest BCUT2D eigenvalue weighted by molar-refractivity contribution is 7.73. The molecule has 0 aromatic rings. The number of hydrogen-bond donors (Lipinski definition) is 0. The van der Waals surface area contributed by atoms with Crippen molar-refractivity contribution in [2.75, 3.05) is 105 Å². The van der Waals surface area contributed by atoms with E-state index in [1.54, 1.807) is 0 Å². The third-order valence-corrected chi connectivity index (χ3v) is 45.4. The van der Waals surface area contributed by atoms with Crippen LogP contribution in [0, 0.1) is 0 Å². The predicted molar refractivity (Wildman–Crippen MR) is 666 cm³/mol. The minimum absolute atomic E-state index is 0.588. The van der Waals surface area contributed by atoms with Crippen LogP contribution in [0.15, 0.2) is 0 Å². The second kappa shape index (κ2) is 119. The Morgan fingerprint density at radius 2 is 0.154 bits per heavy atom. The normalized spacial score (nSPS) is 12.5. The second-order valence-corrected chi connectivity index (χ2v) is 56.8. The Bertz CT molecular complexity index is 1750. The Morgan fingerprint density at radius 1 is 0.0909 bits per heavy atom. The molecule has 8 nitrogen and oxygen atoms in total. The first-order valence-corrected chi connectivity index (χ1v) is 73.1. The van der Waals surface area contributed by atoms with Gasteiger partial charge in [0.05, 0.1) is 10.8 Å². The lowest BCUT2D eigenvalue weighted by molar-refractivity contribution is 0.328. The van der Waals surface area contributed by atoms with Crippen molar-refractivity contribution in [3.8, 4) is 0 Å². The first-order chi connectivity index (χ1) is 70.7. The third-order valence-electron chi connectivity index (χ3n) is 32.1. The van der Waals surface area contributed by atoms with Gasteiger partial charge in [-0.25, -0.2) is 0 Å². The number of nitrogens with zero attached hydrogens (tertiary/aromatic N) is 8. The van der Waals surface area contributed by atoms with Crippen molar-refractivity contribution in [1.82, 2.24) is 37.4 Å². The van der Waals surface area contributed by atoms with Crippen molar-refractivity contribution in [2.24, 2.45) is 0 Å². The Morgan fingerprint density at radius 3 is 0.224 bits per heavy atom. The summed E-state index contributed by atoms with van der Waals surface area (Å²) < 4.78 is 29.2. The first-order valence-electron chi connectivity index (χ1n) is 67.8. The molecule has 0 atom stereocenters. The fraction of sp³-hybridized carbons (Fsp3) is 1.00. The lowest BCUT2D eigenvalue weighted by atomic mass is 10.1. The van der Waals surface area contributed by atoms with Crippen LogP contribution in [-0.4, -0.2) is 153 Å². The summed E-state index contributed by atoms with van der Waals surface area (Å²) in [5.41, 5.74) is 0. The van der Waals surface area contributed by atoms with Crippen LogP contribution in [-0.2, 0) is 0 Å². The van der Waals surface area contributed by atoms with Crippen LogP contribution in [0.25, 0.3) is 0 Å². The van der Waals surface area contributed by atoms with Crippen LogP contribution in [0.2, 0.25) is 0 Å². The summed E-state index contributed by atoms with van der Waals surface area (Å²) in [6, 6.07) is 0. The molecule has 0 aliphatic rings. The first kappa shape index (κ1) is 144. The van der Waals surface area contributed by atoms with Gasteiger partial charge in [0.25, 0.3) is 0 Å². The van der Waals surface area contributed by atoms with Gasteiger partial charge in [0.1, 0.15) is 0 Å². The van der Waals surface area contributed by atoms with E-state index in [2.05, 4.69) is 148 Å². The van der Waals surface area contributed by atoms with E-state index in [0.717, 1.165) is 0 Å². The van der Waals surface area contributed by atoms with Gasteiger partial charge in [-0.15, -0.1) is 0 Å². The molecular formula is C131H276N8P4. The molecule has 0 aliphatic heterocycles. The summed E-state index contributed by atoms with van der Waals surface area (Å²) in [7, 11) is -3.32. The summed E-state index contributed by atoms with van der Waals surface area (Å²) in [5.74, 6) is 0. The van der Waals surface area contributed by atoms with E-state index in [9.17, 15) is 0 Å². The quantitative estimate of drug-likeness (QED) is 0.0439. The minimum atomic E-state index is -0.830. The van der Waals surface area contributed by atoms with Gasteiger partial charge in [-0.2, -0.15) is 0 Å². The standard InChI is InChI=1S/C131H276N8P4/c1-17-33-49-65-81-97-113-132(114-98-82-66-50-34-18-2)140(133(115-99-83-67-51-35-19-3)116-100-84-68-52-36-20-4)130(141(134(117-101-85-69-53-37-21-5)118-102-86-70-54-38-22-6)135(119-103-87-71-55-39-23-7)120-104-88-72-56-40-24-8)129-131(142(136(121-105-89-73-57-41-25-9)122-106-90-74-58-42-26-10)137(123-107-91-75-59-43-27-11)124-108-92-76-60-44-28-12)143(138(125-109-93-77-61-45-29-13)126-110-94-78-62-46-30-14)139(127-111-95-79-63-47-31-15)128-112-96-80-64-48-32-16/h130-131H,17-129H2,1-16H3. The summed E-state index contributed by atoms with van der Waals surface area (Å²) >= 11 is 0. The number of hydrogen-bond acceptors (Lipinski definition) is 8. The fourth-order valence-electron chi connectivity index (χ4n) is 22.7. The van der Waals surface area contributed by atoms with Crippen molar-refractivity contribution in [3.63, 3.8) is 0 Å². The molecule has 0 aromatic heterocycles. The van der Waals surface area contributed by atoms with Crippen molar-refractivity contribution < 1.29 is 0 Å². The van der Waals surface area contributed by atoms with E-state index in [4.69, 9.17) is 0 Å². The van der Waals surface area contributed by atoms with E-state index < -0.39 is 32.9 Å². The summed E-state index contributed by atoms with van der Waals surface area (Å²) in [6.45, 7) is 61.2. The molecular weight excluding hydrogens is 1810 g/mol. The average molecular weight is 2090 g/mol. The van der Waals surface area contributed by atoms with Crippen LogP contribution in [0.4, 0.5) is 0 Å². The molecule has 0 saturated heterocycles. The molecule has 0 aromatic carbocycles. The average Bonchev–Trinajstić information content (AvgIpc) is 0.764. The third kappa shape index (κ3) is 87.1. The molecule has 0 unspecified atom stereocenters. The van der Waals surface area contributed by atoms with E-state index in [1.165, 1.54) is 728 Å². The zero-order valence-corrected chi connectivity index (χ0v) is 106. The molecule has 0 rings (SSSR count). The lowest BCUT2D eigenvalue weighted by Crippen LogP contribution is -2.45. The Labute approximate surface area is 913 Å². The highest BCUT2D eigenvalue weighted by Gasteiger charge is 2.50. The molecule has 0 aliphatic carbocycles. The molecule has 860 valence electrons. The van der Waals surface area contributed by atoms with Crippen LogP contribution >= 0.6 is 32.9 Å². The van der Waals surface area contributed by atoms with E-state index >= 15 is 0 Å². The molecule has 0 N–H and O–H groups in total. The van der Waals surface area contributed by atoms with E-state index in [1.807, 2.05) is 0 Å². The topological polar surface area (TPSA) is 25.9 Å². The molecule has 0 fully saturated rings. The SMILES string of the molecule is CCCCCCCCN(CCCCCCCC)P(C(CC(P(N(CCCCCCCC)CCCCCCCC)N(CCCCCCCC)CCCCCCCC)P(N(CCCCCCCC)CCCCCCCC)N(CCCCCCCC)CCCCCCCC)P(N(CCCCCCCC)CCCCCCCC)N(CCCCCCCC)CCCCCCCC)N(CCCCCCCC)CCCCCCCC. The van der Waals surface area contributed by atoms with Gasteiger partial charge in [0.2, 0.25) is 0 Å². The number of unbranched alkanes of at least 4 members (excludes halogenated alkanes) is 80. The highest BCUT2D eigenvalue weighted by atomic mass is 31.2. The fourth-order valence-corrected chi connectivity index (χ4v) is 39.9. The van der Waals surface area contributed by atoms with Gasteiger partial charge in [0, 0.05) is 138 Å². The molecule has 0 heterocycles. The predicted octanol–water partition coefficient (Wildman–Crippen LogP) is 47.5. The Hall–Kier alpha value is 1.40. The van der Waals surface area contributed by atoms with Gasteiger partial charge in [0.15, 0.2) is 0 Å². The highest BCUT2D eigenvalue weighted by Crippen LogP contribution is 2.74. The van der Waals surface area contributed by atoms with Crippen molar-refractivity contribution in [1.29, 1.82) is 0 Å². The summed E-state index contributed by atoms with van der Waals surface area (Å²) in [4.78, 5) is 0. The van der Waals surface area contributed by atoms with Crippen molar-refractivity contribution >= 4 is 32.9 Å². The summed E-state index contributed by atoms with van der Waals surface area (Å²) in [5, 5.41) is 1.18. The van der Waals surface area contributed by atoms with E-state index in [-0.39, 0.29) is 0 Å². The largest absolute Gasteiger partial charge is 0.269 e. The van der Waals surface area contributed by atoms with Gasteiger partial charge < -0.3 is 0 Å². The monoisotopic (exact) mass is 2090 g/mol. The minimum Gasteiger partial charge on any atom is -0.269 e. The zero-order valence-electron chi connectivity index (χ0n) is 102. The Kier molecular flexibility index (Phi) is 120. The zero-order chi connectivity index (χ0) is 104. The Balaban J connectivity index is 12.9. The number of rotatable bonds is 126. The molecule has 143 heavy (non-hydrogen) atoms. The maximum Gasteiger partial charge on any atom is 0.0546 e. The van der Waals surface area contributed by atoms with Crippen LogP contribution in [0.1, 0.15) is 734 Å². The van der Waals surface area contributed by atoms with Crippen molar-refractivity contribution in [2.45, 2.75) is 744 Å². The maximum atomic E-state index is 3.65. The van der Waals surface area contributed by atoms with E-state index in [0.29, 0.717) is 10.8 Å². The lowest BCUT2D eigenvalue weighted by Gasteiger charge is -2.56. The summed E-state index contributed by atoms with van der Waals surface area (Å²) in [6.07, 6.45) is 136. The molecule has 0 amide bonds. The molecule has 0 radical (unpaired) electrons. The second-order valence-electron chi connectivity index (χ2n) is 46.4. The molecule has 12 heteroatoms. The van der Waals surface area contributed by atoms with Gasteiger partial charge >= 0.3 is 0 Å². The molecule has 0 saturated carbocycles. The van der Waals surface area contributed by atoms with Gasteiger partial charge in [-0.3, -0.25) is 37.4 Å². The van der Waals surface area contributed by atoms with Gasteiger partial charge in [-0.1, -0.05) is 624 Å².